The molecule has 0 aliphatic carbocycles. The van der Waals surface area contributed by atoms with E-state index in [0.29, 0.717) is 0 Å². The van der Waals surface area contributed by atoms with Crippen molar-refractivity contribution in [2.75, 3.05) is 0 Å². The monoisotopic (exact) mass is 501 g/mol. The van der Waals surface area contributed by atoms with Gasteiger partial charge in [-0.2, -0.15) is 13.2 Å². The van der Waals surface area contributed by atoms with Gasteiger partial charge in [-0.05, 0) is 42.0 Å². The highest BCUT2D eigenvalue weighted by molar-refractivity contribution is 7.95. The van der Waals surface area contributed by atoms with Crippen LogP contribution in [0.1, 0.15) is 5.56 Å². The second-order valence-electron chi connectivity index (χ2n) is 7.32. The van der Waals surface area contributed by atoms with Crippen LogP contribution < -0.4 is 34.1 Å². The van der Waals surface area contributed by atoms with Crippen LogP contribution in [0.3, 0.4) is 0 Å². The summed E-state index contributed by atoms with van der Waals surface area (Å²) in [7, 11) is -1.78. The molecule has 0 radical (unpaired) electrons. The largest absolute Gasteiger partial charge is 1.00 e. The molecule has 0 aliphatic heterocycles. The highest BCUT2D eigenvalue weighted by atomic mass is 35.5. The lowest BCUT2D eigenvalue weighted by Gasteiger charge is -2.27. The number of alkyl halides is 3. The molecule has 0 saturated heterocycles. The molecule has 0 heterocycles. The summed E-state index contributed by atoms with van der Waals surface area (Å²) in [5.41, 5.74) is 5.19. The van der Waals surface area contributed by atoms with Gasteiger partial charge in [0, 0.05) is 0 Å². The first-order valence-electron chi connectivity index (χ1n) is 10.3. The van der Waals surface area contributed by atoms with E-state index in [0.717, 1.165) is 6.16 Å². The van der Waals surface area contributed by atoms with E-state index in [9.17, 15) is 13.2 Å². The third kappa shape index (κ3) is 6.69. The van der Waals surface area contributed by atoms with Crippen molar-refractivity contribution in [3.8, 4) is 0 Å². The minimum Gasteiger partial charge on any atom is -1.00 e. The Bertz CT molecular complexity index is 1050. The Kier molecular flexibility index (Phi) is 9.85. The van der Waals surface area contributed by atoms with E-state index in [4.69, 9.17) is 4.79 Å². The topological polar surface area (TPSA) is 43.1 Å². The first-order valence-corrected chi connectivity index (χ1v) is 12.3. The fourth-order valence-corrected chi connectivity index (χ4v) is 7.87. The predicted octanol–water partition coefficient (Wildman–Crippen LogP) is 2.22. The molecule has 0 bridgehead atoms. The third-order valence-electron chi connectivity index (χ3n) is 5.13. The average Bonchev–Trinajstić information content (AvgIpc) is 2.85. The molecule has 176 valence electrons. The summed E-state index contributed by atoms with van der Waals surface area (Å²) in [6.45, 7) is 0. The number of hydrogen-bond donors (Lipinski definition) is 1. The van der Waals surface area contributed by atoms with E-state index in [-0.39, 0.29) is 12.4 Å². The van der Waals surface area contributed by atoms with E-state index < -0.39 is 19.3 Å². The van der Waals surface area contributed by atoms with Crippen LogP contribution in [0.2, 0.25) is 0 Å². The first kappa shape index (κ1) is 27.1. The van der Waals surface area contributed by atoms with Crippen LogP contribution in [0.15, 0.2) is 121 Å². The molecule has 4 aromatic carbocycles. The van der Waals surface area contributed by atoms with Crippen molar-refractivity contribution in [1.82, 2.24) is 0 Å². The number of rotatable bonds is 5. The quantitative estimate of drug-likeness (QED) is 0.419. The van der Waals surface area contributed by atoms with Crippen LogP contribution in [-0.4, -0.2) is 12.1 Å². The van der Waals surface area contributed by atoms with Crippen molar-refractivity contribution in [3.05, 3.63) is 127 Å². The molecule has 0 fully saturated rings. The van der Waals surface area contributed by atoms with Gasteiger partial charge in [0.15, 0.2) is 0 Å². The van der Waals surface area contributed by atoms with Crippen LogP contribution in [0.25, 0.3) is 0 Å². The third-order valence-corrected chi connectivity index (χ3v) is 9.51. The first-order chi connectivity index (χ1) is 15.8. The number of carbonyl (C=O) groups excluding carboxylic acids is 1. The maximum Gasteiger partial charge on any atom is 0.470 e. The van der Waals surface area contributed by atoms with Gasteiger partial charge in [-0.15, -0.1) is 0 Å². The number of carbonyl (C=O) groups is 1. The Morgan fingerprint density at radius 2 is 0.882 bits per heavy atom. The zero-order chi connectivity index (χ0) is 23.7. The number of hydrogen-bond acceptors (Lipinski definition) is 1. The van der Waals surface area contributed by atoms with Crippen molar-refractivity contribution in [2.24, 2.45) is 5.73 Å². The number of nitrogens with two attached hydrogens (primary N) is 1. The van der Waals surface area contributed by atoms with Gasteiger partial charge in [-0.3, -0.25) is 4.79 Å². The van der Waals surface area contributed by atoms with Crippen LogP contribution in [0, 0.1) is 0 Å². The summed E-state index contributed by atoms with van der Waals surface area (Å²) < 4.78 is 32.1. The summed E-state index contributed by atoms with van der Waals surface area (Å²) in [6, 6.07) is 44.0. The standard InChI is InChI=1S/C25H22P.C2H2F3NO.ClH/c1-5-13-22(14-6-1)21-26(23-15-7-2-8-16-23,24-17-9-3-10-18-24)25-19-11-4-12-20-25;3-2(4,5)1(6)7;/h1-20H,21H2;(H2,6,7);1H/q+1;;/p-1. The van der Waals surface area contributed by atoms with Crippen molar-refractivity contribution < 1.29 is 30.4 Å². The Morgan fingerprint density at radius 3 is 1.15 bits per heavy atom. The Hall–Kier alpha value is -3.14. The molecule has 7 heteroatoms. The molecule has 2 nitrogen and oxygen atoms in total. The molecule has 0 aliphatic rings. The van der Waals surface area contributed by atoms with Crippen LogP contribution >= 0.6 is 7.26 Å². The Morgan fingerprint density at radius 1 is 0.618 bits per heavy atom. The van der Waals surface area contributed by atoms with Crippen LogP contribution in [0.5, 0.6) is 0 Å². The molecule has 0 saturated carbocycles. The van der Waals surface area contributed by atoms with Crippen molar-refractivity contribution in [1.29, 1.82) is 0 Å². The molecule has 0 atom stereocenters. The van der Waals surface area contributed by atoms with Gasteiger partial charge in [-0.25, -0.2) is 0 Å². The lowest BCUT2D eigenvalue weighted by molar-refractivity contribution is -0.169. The van der Waals surface area contributed by atoms with Crippen LogP contribution in [0.4, 0.5) is 13.2 Å². The van der Waals surface area contributed by atoms with Crippen LogP contribution in [-0.2, 0) is 11.0 Å². The lowest BCUT2D eigenvalue weighted by Crippen LogP contribution is -3.00. The highest BCUT2D eigenvalue weighted by Gasteiger charge is 2.45. The molecular weight excluding hydrogens is 478 g/mol. The van der Waals surface area contributed by atoms with Gasteiger partial charge in [0.25, 0.3) is 0 Å². The normalized spacial score (nSPS) is 10.9. The predicted molar refractivity (Wildman–Crippen MR) is 131 cm³/mol. The van der Waals surface area contributed by atoms with E-state index in [2.05, 4.69) is 127 Å². The summed E-state index contributed by atoms with van der Waals surface area (Å²) in [5, 5.41) is 4.30. The van der Waals surface area contributed by atoms with Crippen molar-refractivity contribution in [3.63, 3.8) is 0 Å². The number of halogens is 4. The van der Waals surface area contributed by atoms with Gasteiger partial charge >= 0.3 is 12.1 Å². The summed E-state index contributed by atoms with van der Waals surface area (Å²) in [6.07, 6.45) is -3.83. The molecule has 0 aromatic heterocycles. The van der Waals surface area contributed by atoms with Gasteiger partial charge < -0.3 is 18.1 Å². The van der Waals surface area contributed by atoms with Gasteiger partial charge in [0.1, 0.15) is 23.2 Å². The van der Waals surface area contributed by atoms with Crippen molar-refractivity contribution >= 4 is 29.1 Å². The zero-order valence-electron chi connectivity index (χ0n) is 18.2. The maximum absolute atomic E-state index is 10.7. The van der Waals surface area contributed by atoms with Gasteiger partial charge in [0.05, 0.1) is 6.16 Å². The second-order valence-corrected chi connectivity index (χ2v) is 10.8. The minimum atomic E-state index is -4.86. The fraction of sp³-hybridized carbons (Fsp3) is 0.0741. The second kappa shape index (κ2) is 12.4. The minimum absolute atomic E-state index is 0. The number of primary amides is 1. The van der Waals surface area contributed by atoms with Gasteiger partial charge in [-0.1, -0.05) is 84.9 Å². The molecule has 0 unspecified atom stereocenters. The zero-order valence-corrected chi connectivity index (χ0v) is 19.8. The summed E-state index contributed by atoms with van der Waals surface area (Å²) >= 11 is 0. The lowest BCUT2D eigenvalue weighted by atomic mass is 10.2. The number of amides is 1. The fourth-order valence-electron chi connectivity index (χ4n) is 3.63. The average molecular weight is 502 g/mol. The molecule has 1 amide bonds. The molecule has 4 aromatic rings. The van der Waals surface area contributed by atoms with Crippen molar-refractivity contribution in [2.45, 2.75) is 12.3 Å². The molecular formula is C27H24ClF3NOP. The number of benzene rings is 4. The van der Waals surface area contributed by atoms with E-state index in [1.807, 2.05) is 0 Å². The molecule has 34 heavy (non-hydrogen) atoms. The summed E-state index contributed by atoms with van der Waals surface area (Å²) in [4.78, 5) is 9.12. The highest BCUT2D eigenvalue weighted by Crippen LogP contribution is 2.58. The van der Waals surface area contributed by atoms with E-state index >= 15 is 0 Å². The smallest absolute Gasteiger partial charge is 0.470 e. The Balaban J connectivity index is 0.000000449. The van der Waals surface area contributed by atoms with E-state index in [1.54, 1.807) is 0 Å². The maximum atomic E-state index is 10.7. The molecule has 0 spiro atoms. The SMILES string of the molecule is NC(=O)C(F)(F)F.[Cl-].c1ccc(C[P+](c2ccccc2)(c2ccccc2)c2ccccc2)cc1. The Labute approximate surface area is 204 Å². The summed E-state index contributed by atoms with van der Waals surface area (Å²) in [5.74, 6) is -2.26. The molecule has 4 rings (SSSR count). The molecule has 2 N–H and O–H groups in total. The van der Waals surface area contributed by atoms with E-state index in [1.165, 1.54) is 21.5 Å². The van der Waals surface area contributed by atoms with Gasteiger partial charge in [0.2, 0.25) is 0 Å².